The Morgan fingerprint density at radius 3 is 2.69 bits per heavy atom. The minimum Gasteiger partial charge on any atom is -0.370 e. The Labute approximate surface area is 149 Å². The van der Waals surface area contributed by atoms with Crippen LogP contribution in [-0.4, -0.2) is 33.6 Å². The van der Waals surface area contributed by atoms with E-state index in [0.717, 1.165) is 23.1 Å². The molecule has 0 radical (unpaired) electrons. The molecule has 0 aliphatic carbocycles. The van der Waals surface area contributed by atoms with Gasteiger partial charge >= 0.3 is 0 Å². The zero-order valence-corrected chi connectivity index (χ0v) is 14.3. The van der Waals surface area contributed by atoms with Gasteiger partial charge in [-0.2, -0.15) is 0 Å². The number of halogens is 3. The van der Waals surface area contributed by atoms with Crippen LogP contribution < -0.4 is 5.73 Å². The molecule has 0 saturated carbocycles. The van der Waals surface area contributed by atoms with Crippen LogP contribution in [0.15, 0.2) is 18.3 Å². The quantitative estimate of drug-likeness (QED) is 0.829. The highest BCUT2D eigenvalue weighted by Gasteiger charge is 2.37. The summed E-state index contributed by atoms with van der Waals surface area (Å²) in [5, 5.41) is 0. The van der Waals surface area contributed by atoms with E-state index in [-0.39, 0.29) is 11.6 Å². The smallest absolute Gasteiger partial charge is 0.161 e. The van der Waals surface area contributed by atoms with E-state index in [1.54, 1.807) is 0 Å². The maximum atomic E-state index is 14.0. The summed E-state index contributed by atoms with van der Waals surface area (Å²) in [5.41, 5.74) is 8.23. The van der Waals surface area contributed by atoms with Crippen molar-refractivity contribution < 1.29 is 17.9 Å². The SMILES string of the molecule is Cc1ncc2c(n1)CN([C@H]1COC(c3cc(F)c(F)cc3F)[C@@H](N)C1)C2. The van der Waals surface area contributed by atoms with Crippen LogP contribution in [0.3, 0.4) is 0 Å². The Kier molecular flexibility index (Phi) is 4.42. The third-order valence-corrected chi connectivity index (χ3v) is 5.06. The van der Waals surface area contributed by atoms with Crippen LogP contribution in [0.1, 0.15) is 35.2 Å². The molecule has 5 nitrogen and oxygen atoms in total. The highest BCUT2D eigenvalue weighted by atomic mass is 19.2. The number of hydrogen-bond donors (Lipinski definition) is 1. The number of rotatable bonds is 2. The Morgan fingerprint density at radius 2 is 1.92 bits per heavy atom. The van der Waals surface area contributed by atoms with Gasteiger partial charge in [-0.25, -0.2) is 23.1 Å². The first-order valence-corrected chi connectivity index (χ1v) is 8.49. The second-order valence-electron chi connectivity index (χ2n) is 6.89. The molecular formula is C18H19F3N4O. The molecule has 2 N–H and O–H groups in total. The van der Waals surface area contributed by atoms with Gasteiger partial charge in [0, 0.05) is 48.6 Å². The van der Waals surface area contributed by atoms with E-state index in [1.165, 1.54) is 0 Å². The number of aryl methyl sites for hydroxylation is 1. The topological polar surface area (TPSA) is 64.3 Å². The van der Waals surface area contributed by atoms with Crippen molar-refractivity contribution in [1.29, 1.82) is 0 Å². The molecule has 1 fully saturated rings. The van der Waals surface area contributed by atoms with Crippen LogP contribution >= 0.6 is 0 Å². The lowest BCUT2D eigenvalue weighted by Crippen LogP contribution is -2.47. The van der Waals surface area contributed by atoms with Gasteiger partial charge in [0.05, 0.1) is 12.3 Å². The van der Waals surface area contributed by atoms with Gasteiger partial charge < -0.3 is 10.5 Å². The fourth-order valence-corrected chi connectivity index (χ4v) is 3.71. The van der Waals surface area contributed by atoms with Crippen molar-refractivity contribution in [2.24, 2.45) is 5.73 Å². The number of aromatic nitrogens is 2. The summed E-state index contributed by atoms with van der Waals surface area (Å²) in [6.45, 7) is 3.57. The highest BCUT2D eigenvalue weighted by Crippen LogP contribution is 2.34. The van der Waals surface area contributed by atoms with Gasteiger partial charge in [-0.3, -0.25) is 4.90 Å². The molecule has 1 saturated heterocycles. The number of ether oxygens (including phenoxy) is 1. The highest BCUT2D eigenvalue weighted by molar-refractivity contribution is 5.25. The molecule has 0 bridgehead atoms. The van der Waals surface area contributed by atoms with E-state index in [0.29, 0.717) is 32.2 Å². The zero-order valence-electron chi connectivity index (χ0n) is 14.3. The van der Waals surface area contributed by atoms with Gasteiger partial charge in [0.2, 0.25) is 0 Å². The Balaban J connectivity index is 1.47. The average molecular weight is 364 g/mol. The third-order valence-electron chi connectivity index (χ3n) is 5.06. The summed E-state index contributed by atoms with van der Waals surface area (Å²) in [7, 11) is 0. The Bertz CT molecular complexity index is 847. The Morgan fingerprint density at radius 1 is 1.15 bits per heavy atom. The van der Waals surface area contributed by atoms with E-state index >= 15 is 0 Å². The summed E-state index contributed by atoms with van der Waals surface area (Å²) in [6.07, 6.45) is 1.60. The largest absolute Gasteiger partial charge is 0.370 e. The van der Waals surface area contributed by atoms with Gasteiger partial charge in [-0.1, -0.05) is 0 Å². The molecule has 1 aromatic carbocycles. The monoisotopic (exact) mass is 364 g/mol. The molecule has 0 spiro atoms. The van der Waals surface area contributed by atoms with Crippen molar-refractivity contribution in [3.8, 4) is 0 Å². The summed E-state index contributed by atoms with van der Waals surface area (Å²) >= 11 is 0. The molecule has 2 aromatic rings. The summed E-state index contributed by atoms with van der Waals surface area (Å²) in [4.78, 5) is 10.9. The van der Waals surface area contributed by atoms with Gasteiger partial charge in [-0.15, -0.1) is 0 Å². The lowest BCUT2D eigenvalue weighted by Gasteiger charge is -2.38. The number of fused-ring (bicyclic) bond motifs is 1. The van der Waals surface area contributed by atoms with Crippen molar-refractivity contribution in [3.05, 3.63) is 58.4 Å². The van der Waals surface area contributed by atoms with Crippen molar-refractivity contribution in [1.82, 2.24) is 14.9 Å². The van der Waals surface area contributed by atoms with Crippen molar-refractivity contribution in [3.63, 3.8) is 0 Å². The van der Waals surface area contributed by atoms with Crippen LogP contribution in [-0.2, 0) is 17.8 Å². The van der Waals surface area contributed by atoms with Crippen LogP contribution in [0.25, 0.3) is 0 Å². The first-order valence-electron chi connectivity index (χ1n) is 8.49. The van der Waals surface area contributed by atoms with Crippen molar-refractivity contribution in [2.45, 2.75) is 44.6 Å². The molecular weight excluding hydrogens is 345 g/mol. The molecule has 138 valence electrons. The number of benzene rings is 1. The first kappa shape index (κ1) is 17.4. The van der Waals surface area contributed by atoms with E-state index in [9.17, 15) is 13.2 Å². The molecule has 8 heteroatoms. The predicted molar refractivity (Wildman–Crippen MR) is 87.4 cm³/mol. The predicted octanol–water partition coefficient (Wildman–Crippen LogP) is 2.38. The standard InChI is InChI=1S/C18H19F3N4O/c1-9-23-5-10-6-25(7-17(10)24-9)11-2-16(22)18(26-8-11)12-3-14(20)15(21)4-13(12)19/h3-5,11,16,18H,2,6-8,22H2,1H3/t11-,16+,18?/m1/s1. The molecule has 1 aromatic heterocycles. The molecule has 2 aliphatic heterocycles. The van der Waals surface area contributed by atoms with Crippen LogP contribution in [0, 0.1) is 24.4 Å². The van der Waals surface area contributed by atoms with Crippen molar-refractivity contribution >= 4 is 0 Å². The van der Waals surface area contributed by atoms with Gasteiger partial charge in [0.15, 0.2) is 11.6 Å². The molecule has 3 atom stereocenters. The van der Waals surface area contributed by atoms with Crippen LogP contribution in [0.4, 0.5) is 13.2 Å². The maximum Gasteiger partial charge on any atom is 0.161 e. The van der Waals surface area contributed by atoms with Gasteiger partial charge in [-0.05, 0) is 19.4 Å². The second kappa shape index (κ2) is 6.61. The molecule has 4 rings (SSSR count). The lowest BCUT2D eigenvalue weighted by atomic mass is 9.93. The number of nitrogens with two attached hydrogens (primary N) is 1. The second-order valence-corrected chi connectivity index (χ2v) is 6.89. The van der Waals surface area contributed by atoms with E-state index in [2.05, 4.69) is 14.9 Å². The first-order chi connectivity index (χ1) is 12.4. The van der Waals surface area contributed by atoms with E-state index < -0.39 is 29.6 Å². The summed E-state index contributed by atoms with van der Waals surface area (Å²) in [6, 6.07) is 0.888. The number of hydrogen-bond acceptors (Lipinski definition) is 5. The summed E-state index contributed by atoms with van der Waals surface area (Å²) in [5.74, 6) is -2.44. The fourth-order valence-electron chi connectivity index (χ4n) is 3.71. The van der Waals surface area contributed by atoms with Crippen LogP contribution in [0.5, 0.6) is 0 Å². The average Bonchev–Trinajstić information content (AvgIpc) is 3.01. The number of nitrogens with zero attached hydrogens (tertiary/aromatic N) is 3. The molecule has 2 aliphatic rings. The molecule has 3 heterocycles. The fraction of sp³-hybridized carbons (Fsp3) is 0.444. The minimum atomic E-state index is -1.22. The zero-order chi connectivity index (χ0) is 18.4. The van der Waals surface area contributed by atoms with Crippen molar-refractivity contribution in [2.75, 3.05) is 6.61 Å². The normalized spacial score (nSPS) is 26.1. The minimum absolute atomic E-state index is 0.0407. The van der Waals surface area contributed by atoms with E-state index in [4.69, 9.17) is 10.5 Å². The maximum absolute atomic E-state index is 14.0. The van der Waals surface area contributed by atoms with Gasteiger partial charge in [0.25, 0.3) is 0 Å². The molecule has 26 heavy (non-hydrogen) atoms. The molecule has 1 unspecified atom stereocenters. The molecule has 0 amide bonds. The lowest BCUT2D eigenvalue weighted by molar-refractivity contribution is -0.0532. The van der Waals surface area contributed by atoms with E-state index in [1.807, 2.05) is 13.1 Å². The summed E-state index contributed by atoms with van der Waals surface area (Å²) < 4.78 is 46.4. The third kappa shape index (κ3) is 3.08. The Hall–Kier alpha value is -2.03. The van der Waals surface area contributed by atoms with Gasteiger partial charge in [0.1, 0.15) is 17.7 Å². The van der Waals surface area contributed by atoms with Crippen LogP contribution in [0.2, 0.25) is 0 Å².